The number of para-hydroxylation sites is 4. The van der Waals surface area contributed by atoms with E-state index in [0.717, 1.165) is 0 Å². The molecule has 6 aliphatic rings. The van der Waals surface area contributed by atoms with Crippen molar-refractivity contribution in [3.05, 3.63) is 267 Å². The van der Waals surface area contributed by atoms with Crippen molar-refractivity contribution in [1.82, 2.24) is 0 Å². The minimum absolute atomic E-state index is 0.111. The molecule has 1 spiro atoms. The summed E-state index contributed by atoms with van der Waals surface area (Å²) in [6.07, 6.45) is 0. The normalized spacial score (nSPS) is 14.7. The van der Waals surface area contributed by atoms with Crippen LogP contribution in [0.2, 0.25) is 0 Å². The highest BCUT2D eigenvalue weighted by Gasteiger charge is 2.54. The monoisotopic (exact) mass is 1110 g/mol. The predicted octanol–water partition coefficient (Wildman–Crippen LogP) is 12.9. The van der Waals surface area contributed by atoms with Gasteiger partial charge in [-0.05, 0) is 127 Å². The lowest BCUT2D eigenvalue weighted by Gasteiger charge is -2.50. The third-order valence-corrected chi connectivity index (χ3v) is 27.2. The molecule has 9 heteroatoms. The molecule has 81 heavy (non-hydrogen) atoms. The fourth-order valence-corrected chi connectivity index (χ4v) is 24.8. The number of anilines is 6. The Labute approximate surface area is 490 Å². The zero-order chi connectivity index (χ0) is 52.9. The van der Waals surface area contributed by atoms with E-state index in [9.17, 15) is 0 Å². The first-order chi connectivity index (χ1) is 40.2. The van der Waals surface area contributed by atoms with Crippen molar-refractivity contribution in [1.29, 1.82) is 0 Å². The third-order valence-electron chi connectivity index (χ3n) is 17.7. The SMILES string of the molecule is c1ccc(-c2ccc3c(c2)Sc2cc(N4c5ccccc5[Si]5(c6ccccc6N(c6cc7c8c(c6)Sc6ccccc6B8c6ccccc6S7)c6ccccc65)c5ccccc54)cc4c2B3c2ccc(-c3ccccc3)cc2S4)cc1. The molecule has 0 N–H and O–H groups in total. The second kappa shape index (κ2) is 18.0. The van der Waals surface area contributed by atoms with Gasteiger partial charge in [-0.15, -0.1) is 0 Å². The molecule has 0 unspecified atom stereocenters. The summed E-state index contributed by atoms with van der Waals surface area (Å²) in [7, 11) is -3.07. The van der Waals surface area contributed by atoms with Gasteiger partial charge >= 0.3 is 0 Å². The summed E-state index contributed by atoms with van der Waals surface area (Å²) < 4.78 is 0. The van der Waals surface area contributed by atoms with E-state index in [1.165, 1.54) is 149 Å². The molecule has 6 aliphatic heterocycles. The summed E-state index contributed by atoms with van der Waals surface area (Å²) in [6, 6.07) is 102. The van der Waals surface area contributed by atoms with E-state index in [-0.39, 0.29) is 13.4 Å². The van der Waals surface area contributed by atoms with Crippen molar-refractivity contribution < 1.29 is 0 Å². The largest absolute Gasteiger partial charge is 0.311 e. The van der Waals surface area contributed by atoms with Crippen LogP contribution < -0.4 is 63.3 Å². The molecule has 0 saturated heterocycles. The summed E-state index contributed by atoms with van der Waals surface area (Å²) in [5, 5.41) is 5.64. The second-order valence-corrected chi connectivity index (χ2v) is 29.8. The van der Waals surface area contributed by atoms with E-state index in [0.29, 0.717) is 0 Å². The van der Waals surface area contributed by atoms with E-state index in [1.807, 2.05) is 47.0 Å². The summed E-state index contributed by atoms with van der Waals surface area (Å²) in [5.74, 6) is 0. The van der Waals surface area contributed by atoms with Gasteiger partial charge in [0.1, 0.15) is 0 Å². The summed E-state index contributed by atoms with van der Waals surface area (Å²) in [6.45, 7) is 0.313. The molecule has 0 saturated carbocycles. The Morgan fingerprint density at radius 3 is 0.938 bits per heavy atom. The molecule has 12 aromatic rings. The lowest BCUT2D eigenvalue weighted by Crippen LogP contribution is -2.79. The maximum atomic E-state index is 2.62. The average Bonchev–Trinajstić information content (AvgIpc) is 3.35. The Morgan fingerprint density at radius 1 is 0.247 bits per heavy atom. The Bertz CT molecular complexity index is 4390. The molecule has 0 aliphatic carbocycles. The zero-order valence-electron chi connectivity index (χ0n) is 43.6. The lowest BCUT2D eigenvalue weighted by molar-refractivity contribution is 1.23. The van der Waals surface area contributed by atoms with Crippen molar-refractivity contribution in [3.8, 4) is 22.3 Å². The molecule has 0 fully saturated rings. The van der Waals surface area contributed by atoms with Gasteiger partial charge < -0.3 is 9.80 Å². The Balaban J connectivity index is 0.822. The minimum atomic E-state index is -3.07. The number of fused-ring (bicyclic) bond motifs is 16. The fourth-order valence-electron chi connectivity index (χ4n) is 14.4. The highest BCUT2D eigenvalue weighted by Crippen LogP contribution is 2.50. The lowest BCUT2D eigenvalue weighted by atomic mass is 9.36. The highest BCUT2D eigenvalue weighted by molar-refractivity contribution is 8.02. The second-order valence-electron chi connectivity index (χ2n) is 21.8. The van der Waals surface area contributed by atoms with Crippen LogP contribution in [-0.2, 0) is 0 Å². The van der Waals surface area contributed by atoms with Crippen molar-refractivity contribution in [2.24, 2.45) is 0 Å². The third kappa shape index (κ3) is 6.78. The van der Waals surface area contributed by atoms with Crippen LogP contribution in [0.5, 0.6) is 0 Å². The highest BCUT2D eigenvalue weighted by atomic mass is 32.2. The first-order valence-electron chi connectivity index (χ1n) is 27.8. The van der Waals surface area contributed by atoms with E-state index in [4.69, 9.17) is 0 Å². The van der Waals surface area contributed by atoms with Gasteiger partial charge in [-0.1, -0.05) is 263 Å². The smallest absolute Gasteiger partial charge is 0.247 e. The van der Waals surface area contributed by atoms with Crippen LogP contribution in [0.1, 0.15) is 0 Å². The predicted molar refractivity (Wildman–Crippen MR) is 349 cm³/mol. The van der Waals surface area contributed by atoms with Gasteiger partial charge in [0.2, 0.25) is 13.4 Å². The zero-order valence-corrected chi connectivity index (χ0v) is 47.9. The van der Waals surface area contributed by atoms with Crippen molar-refractivity contribution >= 4 is 156 Å². The summed E-state index contributed by atoms with van der Waals surface area (Å²) >= 11 is 7.75. The molecular weight excluding hydrogens is 1070 g/mol. The number of rotatable bonds is 4. The fraction of sp³-hybridized carbons (Fsp3) is 0. The molecule has 2 nitrogen and oxygen atoms in total. The van der Waals surface area contributed by atoms with Crippen molar-refractivity contribution in [2.45, 2.75) is 39.2 Å². The van der Waals surface area contributed by atoms with Gasteiger partial charge in [0.25, 0.3) is 0 Å². The summed E-state index contributed by atoms with van der Waals surface area (Å²) in [5.41, 5.74) is 20.8. The molecule has 12 aromatic carbocycles. The standard InChI is InChI=1S/C72H44B2N2S4Si/c1-3-19-45(20-4-1)47-35-37-53-61(39-47)79-65-43-50(44-66-72(65)74(53)54-38-36-48(40-62(54)80-66)46-21-5-2-6-22-46)76-57-27-11-17-33-69(57)81(70-34-18-12-28-58(70)76)67-31-15-9-25-55(67)75(56-26-10-16-32-68(56)81)49-41-63-71-64(42-49)78-60-30-14-8-24-52(60)73(71)51-23-7-13-29-59(51)77-63/h1-44H. The maximum Gasteiger partial charge on any atom is 0.247 e. The average molecular weight is 1120 g/mol. The number of nitrogens with zero attached hydrogens (tertiary/aromatic N) is 2. The molecule has 0 amide bonds. The van der Waals surface area contributed by atoms with Gasteiger partial charge in [-0.3, -0.25) is 0 Å². The molecule has 6 heterocycles. The molecule has 376 valence electrons. The van der Waals surface area contributed by atoms with Gasteiger partial charge in [-0.2, -0.15) is 0 Å². The van der Waals surface area contributed by atoms with E-state index in [2.05, 4.69) is 277 Å². The van der Waals surface area contributed by atoms with Crippen LogP contribution >= 0.6 is 47.0 Å². The number of hydrogen-bond acceptors (Lipinski definition) is 6. The number of hydrogen-bond donors (Lipinski definition) is 0. The van der Waals surface area contributed by atoms with E-state index < -0.39 is 8.07 Å². The van der Waals surface area contributed by atoms with Gasteiger partial charge in [-0.25, -0.2) is 0 Å². The molecular formula is C72H44B2N2S4Si. The molecule has 0 aromatic heterocycles. The van der Waals surface area contributed by atoms with Gasteiger partial charge in [0.05, 0.1) is 0 Å². The topological polar surface area (TPSA) is 6.48 Å². The quantitative estimate of drug-likeness (QED) is 0.161. The Kier molecular flexibility index (Phi) is 10.4. The summed E-state index contributed by atoms with van der Waals surface area (Å²) in [4.78, 5) is 15.9. The Hall–Kier alpha value is -8.01. The van der Waals surface area contributed by atoms with Crippen molar-refractivity contribution in [3.63, 3.8) is 0 Å². The number of benzene rings is 12. The maximum absolute atomic E-state index is 3.07. The van der Waals surface area contributed by atoms with Gasteiger partial charge in [0, 0.05) is 73.3 Å². The van der Waals surface area contributed by atoms with Crippen LogP contribution in [0.25, 0.3) is 22.3 Å². The molecule has 0 radical (unpaired) electrons. The minimum Gasteiger partial charge on any atom is -0.311 e. The van der Waals surface area contributed by atoms with E-state index >= 15 is 0 Å². The Morgan fingerprint density at radius 2 is 0.556 bits per heavy atom. The van der Waals surface area contributed by atoms with Gasteiger partial charge in [0.15, 0.2) is 8.07 Å². The van der Waals surface area contributed by atoms with Crippen LogP contribution in [0.15, 0.2) is 306 Å². The van der Waals surface area contributed by atoms with Crippen LogP contribution in [0, 0.1) is 0 Å². The van der Waals surface area contributed by atoms with E-state index in [1.54, 1.807) is 0 Å². The first kappa shape index (κ1) is 46.7. The van der Waals surface area contributed by atoms with Crippen LogP contribution in [0.3, 0.4) is 0 Å². The first-order valence-corrected chi connectivity index (χ1v) is 33.0. The molecule has 0 bridgehead atoms. The molecule has 18 rings (SSSR count). The molecule has 0 atom stereocenters. The van der Waals surface area contributed by atoms with Crippen LogP contribution in [0.4, 0.5) is 34.1 Å². The van der Waals surface area contributed by atoms with Crippen LogP contribution in [-0.4, -0.2) is 21.5 Å². The van der Waals surface area contributed by atoms with Crippen molar-refractivity contribution in [2.75, 3.05) is 9.80 Å².